The molecule has 0 saturated heterocycles. The first-order valence-electron chi connectivity index (χ1n) is 5.61. The highest BCUT2D eigenvalue weighted by atomic mass is 32.2. The minimum absolute atomic E-state index is 0.0946. The molecule has 5 nitrogen and oxygen atoms in total. The molecule has 0 aliphatic rings. The number of hydrogen-bond acceptors (Lipinski definition) is 4. The van der Waals surface area contributed by atoms with Crippen LogP contribution >= 0.6 is 0 Å². The lowest BCUT2D eigenvalue weighted by Gasteiger charge is -2.10. The maximum absolute atomic E-state index is 13.5. The van der Waals surface area contributed by atoms with Gasteiger partial charge in [0.1, 0.15) is 10.7 Å². The van der Waals surface area contributed by atoms with E-state index >= 15 is 0 Å². The normalized spacial score (nSPS) is 15.1. The third kappa shape index (κ3) is 4.55. The van der Waals surface area contributed by atoms with Crippen LogP contribution in [0.1, 0.15) is 13.3 Å². The summed E-state index contributed by atoms with van der Waals surface area (Å²) in [6, 6.07) is 3.36. The molecule has 0 spiro atoms. The number of anilines is 1. The summed E-state index contributed by atoms with van der Waals surface area (Å²) in [5, 5.41) is -0.131. The van der Waals surface area contributed by atoms with Crippen molar-refractivity contribution in [3.8, 4) is 0 Å². The van der Waals surface area contributed by atoms with Crippen LogP contribution in [0, 0.1) is 5.82 Å². The van der Waals surface area contributed by atoms with Gasteiger partial charge in [0.2, 0.25) is 10.0 Å². The molecule has 0 fully saturated rings. The van der Waals surface area contributed by atoms with Crippen molar-refractivity contribution in [2.75, 3.05) is 18.5 Å². The summed E-state index contributed by atoms with van der Waals surface area (Å²) in [4.78, 5) is -0.474. The number of nitrogens with one attached hydrogen (secondary N) is 1. The molecule has 3 N–H and O–H groups in total. The predicted octanol–water partition coefficient (Wildman–Crippen LogP) is 0.843. The van der Waals surface area contributed by atoms with Crippen molar-refractivity contribution in [2.24, 2.45) is 0 Å². The molecule has 0 aliphatic carbocycles. The zero-order valence-electron chi connectivity index (χ0n) is 10.7. The maximum atomic E-state index is 13.5. The van der Waals surface area contributed by atoms with Crippen LogP contribution in [0.15, 0.2) is 23.1 Å². The molecule has 8 heteroatoms. The highest BCUT2D eigenvalue weighted by molar-refractivity contribution is 7.89. The Balaban J connectivity index is 2.76. The molecule has 0 bridgehead atoms. The van der Waals surface area contributed by atoms with E-state index in [4.69, 9.17) is 5.73 Å². The molecule has 0 heterocycles. The van der Waals surface area contributed by atoms with Crippen molar-refractivity contribution < 1.29 is 17.0 Å². The van der Waals surface area contributed by atoms with E-state index in [9.17, 15) is 17.0 Å². The van der Waals surface area contributed by atoms with Gasteiger partial charge in [0, 0.05) is 34.5 Å². The van der Waals surface area contributed by atoms with Crippen LogP contribution < -0.4 is 10.5 Å². The molecule has 0 aliphatic heterocycles. The summed E-state index contributed by atoms with van der Waals surface area (Å²) in [5.74, 6) is -0.853. The molecule has 2 unspecified atom stereocenters. The second-order valence-electron chi connectivity index (χ2n) is 4.19. The van der Waals surface area contributed by atoms with Crippen molar-refractivity contribution >= 4 is 26.5 Å². The molecule has 0 radical (unpaired) electrons. The van der Waals surface area contributed by atoms with Crippen LogP contribution in [0.25, 0.3) is 0 Å². The molecule has 0 aromatic heterocycles. The van der Waals surface area contributed by atoms with Gasteiger partial charge in [-0.3, -0.25) is 4.21 Å². The van der Waals surface area contributed by atoms with Gasteiger partial charge in [-0.05, 0) is 24.6 Å². The number of nitrogens with two attached hydrogens (primary N) is 1. The molecular formula is C11H17FN2O3S2. The molecule has 108 valence electrons. The van der Waals surface area contributed by atoms with Crippen molar-refractivity contribution in [1.29, 1.82) is 0 Å². The minimum Gasteiger partial charge on any atom is -0.399 e. The standard InChI is InChI=1S/C11H17FN2O3S2/c1-8(18(2)15)5-6-14-19(16,17)11-7-9(13)3-4-10(11)12/h3-4,7-8,14H,5-6,13H2,1-2H3. The lowest BCUT2D eigenvalue weighted by molar-refractivity contribution is 0.555. The van der Waals surface area contributed by atoms with Crippen LogP contribution in [0.4, 0.5) is 10.1 Å². The largest absolute Gasteiger partial charge is 0.399 e. The van der Waals surface area contributed by atoms with Crippen LogP contribution in [0.5, 0.6) is 0 Å². The highest BCUT2D eigenvalue weighted by Crippen LogP contribution is 2.17. The van der Waals surface area contributed by atoms with Crippen LogP contribution in [0.2, 0.25) is 0 Å². The first-order valence-corrected chi connectivity index (χ1v) is 8.71. The van der Waals surface area contributed by atoms with Gasteiger partial charge >= 0.3 is 0 Å². The number of sulfonamides is 1. The predicted molar refractivity (Wildman–Crippen MR) is 74.1 cm³/mol. The number of benzene rings is 1. The van der Waals surface area contributed by atoms with E-state index in [-0.39, 0.29) is 17.5 Å². The van der Waals surface area contributed by atoms with Gasteiger partial charge in [-0.25, -0.2) is 17.5 Å². The molecule has 1 aromatic rings. The molecule has 0 saturated carbocycles. The van der Waals surface area contributed by atoms with E-state index in [1.165, 1.54) is 6.07 Å². The summed E-state index contributed by atoms with van der Waals surface area (Å²) in [6.07, 6.45) is 1.96. The van der Waals surface area contributed by atoms with Gasteiger partial charge in [-0.1, -0.05) is 6.92 Å². The number of halogens is 1. The Bertz CT molecular complexity index is 575. The zero-order chi connectivity index (χ0) is 14.6. The van der Waals surface area contributed by atoms with Crippen LogP contribution in [0.3, 0.4) is 0 Å². The van der Waals surface area contributed by atoms with Crippen molar-refractivity contribution in [1.82, 2.24) is 4.72 Å². The summed E-state index contributed by atoms with van der Waals surface area (Å²) in [7, 11) is -4.96. The van der Waals surface area contributed by atoms with E-state index in [0.717, 1.165) is 12.1 Å². The highest BCUT2D eigenvalue weighted by Gasteiger charge is 2.19. The molecule has 2 atom stereocenters. The minimum atomic E-state index is -3.94. The van der Waals surface area contributed by atoms with E-state index in [2.05, 4.69) is 4.72 Å². The average Bonchev–Trinajstić information content (AvgIpc) is 2.31. The third-order valence-electron chi connectivity index (χ3n) is 2.65. The fraction of sp³-hybridized carbons (Fsp3) is 0.455. The SMILES string of the molecule is CC(CCNS(=O)(=O)c1cc(N)ccc1F)S(C)=O. The molecule has 0 amide bonds. The van der Waals surface area contributed by atoms with E-state index in [1.807, 2.05) is 0 Å². The van der Waals surface area contributed by atoms with Crippen LogP contribution in [-0.2, 0) is 20.8 Å². The monoisotopic (exact) mass is 308 g/mol. The Morgan fingerprint density at radius 2 is 2.11 bits per heavy atom. The number of nitrogen functional groups attached to an aromatic ring is 1. The zero-order valence-corrected chi connectivity index (χ0v) is 12.4. The third-order valence-corrected chi connectivity index (χ3v) is 5.50. The lowest BCUT2D eigenvalue weighted by Crippen LogP contribution is -2.28. The first kappa shape index (κ1) is 16.1. The lowest BCUT2D eigenvalue weighted by atomic mass is 10.3. The molecular weight excluding hydrogens is 291 g/mol. The average molecular weight is 308 g/mol. The molecule has 1 rings (SSSR count). The van der Waals surface area contributed by atoms with E-state index in [1.54, 1.807) is 13.2 Å². The number of hydrogen-bond donors (Lipinski definition) is 2. The molecule has 1 aromatic carbocycles. The Morgan fingerprint density at radius 1 is 1.47 bits per heavy atom. The van der Waals surface area contributed by atoms with Crippen LogP contribution in [-0.4, -0.2) is 30.7 Å². The topological polar surface area (TPSA) is 89.3 Å². The summed E-state index contributed by atoms with van der Waals surface area (Å²) < 4.78 is 50.6. The second-order valence-corrected chi connectivity index (χ2v) is 7.72. The van der Waals surface area contributed by atoms with Crippen molar-refractivity contribution in [2.45, 2.75) is 23.5 Å². The fourth-order valence-corrected chi connectivity index (χ4v) is 2.97. The van der Waals surface area contributed by atoms with Gasteiger partial charge in [-0.2, -0.15) is 0 Å². The first-order chi connectivity index (χ1) is 8.74. The van der Waals surface area contributed by atoms with Gasteiger partial charge in [0.25, 0.3) is 0 Å². The van der Waals surface area contributed by atoms with Gasteiger partial charge in [-0.15, -0.1) is 0 Å². The van der Waals surface area contributed by atoms with Crippen molar-refractivity contribution in [3.05, 3.63) is 24.0 Å². The Labute approximate surface area is 114 Å². The van der Waals surface area contributed by atoms with Gasteiger partial charge in [0.05, 0.1) is 0 Å². The summed E-state index contributed by atoms with van der Waals surface area (Å²) >= 11 is 0. The van der Waals surface area contributed by atoms with E-state index in [0.29, 0.717) is 6.42 Å². The Hall–Kier alpha value is -0.990. The second kappa shape index (κ2) is 6.44. The summed E-state index contributed by atoms with van der Waals surface area (Å²) in [5.41, 5.74) is 5.61. The number of rotatable bonds is 6. The fourth-order valence-electron chi connectivity index (χ4n) is 1.37. The Kier molecular flexibility index (Phi) is 5.45. The summed E-state index contributed by atoms with van der Waals surface area (Å²) in [6.45, 7) is 1.85. The van der Waals surface area contributed by atoms with Gasteiger partial charge in [0.15, 0.2) is 0 Å². The van der Waals surface area contributed by atoms with Gasteiger partial charge < -0.3 is 5.73 Å². The quantitative estimate of drug-likeness (QED) is 0.762. The Morgan fingerprint density at radius 3 is 2.68 bits per heavy atom. The smallest absolute Gasteiger partial charge is 0.243 e. The maximum Gasteiger partial charge on any atom is 0.243 e. The van der Waals surface area contributed by atoms with E-state index < -0.39 is 31.5 Å². The van der Waals surface area contributed by atoms with Crippen molar-refractivity contribution in [3.63, 3.8) is 0 Å². The molecule has 19 heavy (non-hydrogen) atoms.